The SMILES string of the molecule is CN(C)c1ccc(NS(=O)(=O)c2cc(Br)ccc2N)cc1. The van der Waals surface area contributed by atoms with Crippen molar-refractivity contribution in [2.45, 2.75) is 4.90 Å². The Hall–Kier alpha value is -1.73. The summed E-state index contributed by atoms with van der Waals surface area (Å²) in [5, 5.41) is 0. The predicted octanol–water partition coefficient (Wildman–Crippen LogP) is 2.90. The van der Waals surface area contributed by atoms with E-state index in [9.17, 15) is 8.42 Å². The number of anilines is 3. The number of nitrogens with two attached hydrogens (primary N) is 1. The Morgan fingerprint density at radius 3 is 2.29 bits per heavy atom. The van der Waals surface area contributed by atoms with Crippen molar-refractivity contribution in [3.05, 3.63) is 46.9 Å². The van der Waals surface area contributed by atoms with Gasteiger partial charge in [-0.3, -0.25) is 4.72 Å². The molecule has 112 valence electrons. The molecule has 0 aliphatic carbocycles. The van der Waals surface area contributed by atoms with Gasteiger partial charge in [0.05, 0.1) is 5.69 Å². The number of nitrogen functional groups attached to an aromatic ring is 1. The lowest BCUT2D eigenvalue weighted by Gasteiger charge is -2.14. The molecule has 21 heavy (non-hydrogen) atoms. The average molecular weight is 370 g/mol. The molecule has 0 atom stereocenters. The lowest BCUT2D eigenvalue weighted by molar-refractivity contribution is 0.601. The van der Waals surface area contributed by atoms with Crippen molar-refractivity contribution in [3.63, 3.8) is 0 Å². The van der Waals surface area contributed by atoms with E-state index in [0.29, 0.717) is 10.2 Å². The van der Waals surface area contributed by atoms with Gasteiger partial charge in [0.15, 0.2) is 0 Å². The van der Waals surface area contributed by atoms with Crippen LogP contribution in [0, 0.1) is 0 Å². The van der Waals surface area contributed by atoms with E-state index in [-0.39, 0.29) is 10.6 Å². The molecule has 0 aromatic heterocycles. The van der Waals surface area contributed by atoms with E-state index in [1.54, 1.807) is 24.3 Å². The van der Waals surface area contributed by atoms with Gasteiger partial charge < -0.3 is 10.6 Å². The average Bonchev–Trinajstić information content (AvgIpc) is 2.41. The Labute approximate surface area is 132 Å². The maximum Gasteiger partial charge on any atom is 0.263 e. The van der Waals surface area contributed by atoms with Crippen LogP contribution in [0.4, 0.5) is 17.1 Å². The third-order valence-corrected chi connectivity index (χ3v) is 4.83. The summed E-state index contributed by atoms with van der Waals surface area (Å²) in [7, 11) is 0.118. The molecule has 0 aliphatic rings. The van der Waals surface area contributed by atoms with E-state index in [2.05, 4.69) is 20.7 Å². The number of rotatable bonds is 4. The molecule has 0 saturated heterocycles. The summed E-state index contributed by atoms with van der Waals surface area (Å²) in [6.45, 7) is 0. The number of nitrogens with zero attached hydrogens (tertiary/aromatic N) is 1. The maximum absolute atomic E-state index is 12.4. The van der Waals surface area contributed by atoms with Crippen molar-refractivity contribution in [2.24, 2.45) is 0 Å². The van der Waals surface area contributed by atoms with Gasteiger partial charge in [0.2, 0.25) is 0 Å². The summed E-state index contributed by atoms with van der Waals surface area (Å²) in [5.41, 5.74) is 7.42. The Morgan fingerprint density at radius 2 is 1.71 bits per heavy atom. The molecule has 2 aromatic rings. The minimum atomic E-state index is -3.72. The molecule has 5 nitrogen and oxygen atoms in total. The highest BCUT2D eigenvalue weighted by molar-refractivity contribution is 9.10. The standard InChI is InChI=1S/C14H16BrN3O2S/c1-18(2)12-6-4-11(5-7-12)17-21(19,20)14-9-10(15)3-8-13(14)16/h3-9,17H,16H2,1-2H3. The third kappa shape index (κ3) is 3.68. The van der Waals surface area contributed by atoms with Crippen molar-refractivity contribution >= 4 is 43.0 Å². The molecule has 2 aromatic carbocycles. The second kappa shape index (κ2) is 5.95. The van der Waals surface area contributed by atoms with Crippen LogP contribution in [0.25, 0.3) is 0 Å². The number of hydrogen-bond donors (Lipinski definition) is 2. The molecule has 0 aliphatic heterocycles. The first-order valence-electron chi connectivity index (χ1n) is 6.15. The zero-order valence-electron chi connectivity index (χ0n) is 11.7. The summed E-state index contributed by atoms with van der Waals surface area (Å²) in [6, 6.07) is 11.8. The van der Waals surface area contributed by atoms with E-state index in [0.717, 1.165) is 5.69 Å². The molecule has 0 fully saturated rings. The first-order valence-corrected chi connectivity index (χ1v) is 8.42. The molecule has 7 heteroatoms. The van der Waals surface area contributed by atoms with Gasteiger partial charge in [0.1, 0.15) is 4.90 Å². The zero-order chi connectivity index (χ0) is 15.6. The van der Waals surface area contributed by atoms with Crippen molar-refractivity contribution in [1.82, 2.24) is 0 Å². The normalized spacial score (nSPS) is 11.2. The fraction of sp³-hybridized carbons (Fsp3) is 0.143. The van der Waals surface area contributed by atoms with E-state index >= 15 is 0 Å². The van der Waals surface area contributed by atoms with Crippen molar-refractivity contribution in [3.8, 4) is 0 Å². The Bertz CT molecular complexity index is 743. The van der Waals surface area contributed by atoms with Crippen LogP contribution < -0.4 is 15.4 Å². The second-order valence-corrected chi connectivity index (χ2v) is 7.30. The Morgan fingerprint density at radius 1 is 1.10 bits per heavy atom. The van der Waals surface area contributed by atoms with Gasteiger partial charge in [-0.15, -0.1) is 0 Å². The van der Waals surface area contributed by atoms with E-state index < -0.39 is 10.0 Å². The summed E-state index contributed by atoms with van der Waals surface area (Å²) >= 11 is 3.25. The lowest BCUT2D eigenvalue weighted by atomic mass is 10.3. The largest absolute Gasteiger partial charge is 0.398 e. The molecule has 0 saturated carbocycles. The van der Waals surface area contributed by atoms with Gasteiger partial charge in [-0.25, -0.2) is 8.42 Å². The monoisotopic (exact) mass is 369 g/mol. The van der Waals surface area contributed by atoms with Crippen LogP contribution in [0.1, 0.15) is 0 Å². The molecule has 0 radical (unpaired) electrons. The van der Waals surface area contributed by atoms with Crippen LogP contribution in [0.2, 0.25) is 0 Å². The summed E-state index contributed by atoms with van der Waals surface area (Å²) < 4.78 is 27.9. The van der Waals surface area contributed by atoms with Crippen LogP contribution in [-0.4, -0.2) is 22.5 Å². The third-order valence-electron chi connectivity index (χ3n) is 2.90. The van der Waals surface area contributed by atoms with Crippen LogP contribution in [0.5, 0.6) is 0 Å². The quantitative estimate of drug-likeness (QED) is 0.812. The van der Waals surface area contributed by atoms with Gasteiger partial charge in [-0.2, -0.15) is 0 Å². The number of sulfonamides is 1. The fourth-order valence-electron chi connectivity index (χ4n) is 1.78. The van der Waals surface area contributed by atoms with E-state index in [1.807, 2.05) is 31.1 Å². The summed E-state index contributed by atoms with van der Waals surface area (Å²) in [5.74, 6) is 0. The molecule has 0 amide bonds. The topological polar surface area (TPSA) is 75.4 Å². The van der Waals surface area contributed by atoms with Crippen molar-refractivity contribution in [1.29, 1.82) is 0 Å². The number of nitrogens with one attached hydrogen (secondary N) is 1. The van der Waals surface area contributed by atoms with Crippen molar-refractivity contribution < 1.29 is 8.42 Å². The molecular formula is C14H16BrN3O2S. The van der Waals surface area contributed by atoms with Gasteiger partial charge in [-0.05, 0) is 42.5 Å². The molecule has 0 spiro atoms. The Balaban J connectivity index is 2.31. The second-order valence-electron chi connectivity index (χ2n) is 4.73. The first-order chi connectivity index (χ1) is 9.79. The molecular weight excluding hydrogens is 354 g/mol. The van der Waals surface area contributed by atoms with E-state index in [4.69, 9.17) is 5.73 Å². The highest BCUT2D eigenvalue weighted by atomic mass is 79.9. The van der Waals surface area contributed by atoms with Gasteiger partial charge in [0, 0.05) is 29.9 Å². The van der Waals surface area contributed by atoms with Gasteiger partial charge in [-0.1, -0.05) is 15.9 Å². The highest BCUT2D eigenvalue weighted by Gasteiger charge is 2.18. The Kier molecular flexibility index (Phi) is 4.43. The predicted molar refractivity (Wildman–Crippen MR) is 90.1 cm³/mol. The minimum Gasteiger partial charge on any atom is -0.398 e. The van der Waals surface area contributed by atoms with Gasteiger partial charge >= 0.3 is 0 Å². The fourth-order valence-corrected chi connectivity index (χ4v) is 3.51. The highest BCUT2D eigenvalue weighted by Crippen LogP contribution is 2.25. The summed E-state index contributed by atoms with van der Waals surface area (Å²) in [6.07, 6.45) is 0. The van der Waals surface area contributed by atoms with Crippen LogP contribution in [-0.2, 0) is 10.0 Å². The molecule has 0 heterocycles. The molecule has 2 rings (SSSR count). The smallest absolute Gasteiger partial charge is 0.263 e. The lowest BCUT2D eigenvalue weighted by Crippen LogP contribution is -2.15. The van der Waals surface area contributed by atoms with Gasteiger partial charge in [0.25, 0.3) is 10.0 Å². The summed E-state index contributed by atoms with van der Waals surface area (Å²) in [4.78, 5) is 1.98. The number of hydrogen-bond acceptors (Lipinski definition) is 4. The first kappa shape index (κ1) is 15.7. The maximum atomic E-state index is 12.4. The number of halogens is 1. The number of benzene rings is 2. The minimum absolute atomic E-state index is 0.0496. The van der Waals surface area contributed by atoms with Crippen LogP contribution in [0.3, 0.4) is 0 Å². The zero-order valence-corrected chi connectivity index (χ0v) is 14.1. The van der Waals surface area contributed by atoms with E-state index in [1.165, 1.54) is 6.07 Å². The van der Waals surface area contributed by atoms with Crippen LogP contribution in [0.15, 0.2) is 51.8 Å². The molecule has 3 N–H and O–H groups in total. The molecule has 0 unspecified atom stereocenters. The van der Waals surface area contributed by atoms with Crippen molar-refractivity contribution in [2.75, 3.05) is 29.5 Å². The van der Waals surface area contributed by atoms with Crippen LogP contribution >= 0.6 is 15.9 Å². The molecule has 0 bridgehead atoms.